The molecule has 2 rings (SSSR count). The van der Waals surface area contributed by atoms with Crippen LogP contribution in [0.3, 0.4) is 0 Å². The van der Waals surface area contributed by atoms with Gasteiger partial charge in [-0.15, -0.1) is 0 Å². The fraction of sp³-hybridized carbons (Fsp3) is 0.917. The predicted molar refractivity (Wildman–Crippen MR) is 63.5 cm³/mol. The Bertz CT molecular complexity index is 272. The second kappa shape index (κ2) is 5.80. The number of nitrogens with two attached hydrogens (primary N) is 1. The number of nitrogens with one attached hydrogen (secondary N) is 1. The number of ether oxygens (including phenoxy) is 2. The van der Waals surface area contributed by atoms with Crippen LogP contribution in [0.25, 0.3) is 0 Å². The number of hydrogen-bond acceptors (Lipinski definition) is 4. The molecule has 1 amide bonds. The summed E-state index contributed by atoms with van der Waals surface area (Å²) in [6.07, 6.45) is 2.69. The van der Waals surface area contributed by atoms with Crippen molar-refractivity contribution in [3.05, 3.63) is 0 Å². The van der Waals surface area contributed by atoms with Crippen LogP contribution in [0.1, 0.15) is 26.2 Å². The van der Waals surface area contributed by atoms with Gasteiger partial charge in [-0.25, -0.2) is 0 Å². The summed E-state index contributed by atoms with van der Waals surface area (Å²) in [5.74, 6) is 0.436. The SMILES string of the molecule is CC1OCCC1CNC(=O)C1CCC(CN)O1. The Morgan fingerprint density at radius 2 is 2.24 bits per heavy atom. The summed E-state index contributed by atoms with van der Waals surface area (Å²) in [4.78, 5) is 11.9. The minimum absolute atomic E-state index is 0.0000463. The first-order valence-electron chi connectivity index (χ1n) is 6.45. The molecule has 3 N–H and O–H groups in total. The average Bonchev–Trinajstić information content (AvgIpc) is 2.94. The van der Waals surface area contributed by atoms with Crippen LogP contribution in [0.5, 0.6) is 0 Å². The summed E-state index contributed by atoms with van der Waals surface area (Å²) >= 11 is 0. The molecule has 2 aliphatic heterocycles. The largest absolute Gasteiger partial charge is 0.378 e. The smallest absolute Gasteiger partial charge is 0.249 e. The molecule has 5 heteroatoms. The molecule has 2 fully saturated rings. The van der Waals surface area contributed by atoms with Crippen molar-refractivity contribution in [1.82, 2.24) is 5.32 Å². The zero-order valence-corrected chi connectivity index (χ0v) is 10.4. The third kappa shape index (κ3) is 3.18. The Balaban J connectivity index is 1.70. The van der Waals surface area contributed by atoms with Crippen LogP contribution in [0.15, 0.2) is 0 Å². The van der Waals surface area contributed by atoms with Crippen molar-refractivity contribution in [2.24, 2.45) is 11.7 Å². The van der Waals surface area contributed by atoms with E-state index in [1.54, 1.807) is 0 Å². The van der Waals surface area contributed by atoms with Gasteiger partial charge in [0.1, 0.15) is 6.10 Å². The zero-order chi connectivity index (χ0) is 12.3. The number of rotatable bonds is 4. The molecular formula is C12H22N2O3. The maximum atomic E-state index is 11.9. The van der Waals surface area contributed by atoms with Gasteiger partial charge in [0.15, 0.2) is 0 Å². The van der Waals surface area contributed by atoms with Gasteiger partial charge in [-0.05, 0) is 26.2 Å². The van der Waals surface area contributed by atoms with E-state index >= 15 is 0 Å². The summed E-state index contributed by atoms with van der Waals surface area (Å²) in [7, 11) is 0. The molecule has 0 aromatic heterocycles. The van der Waals surface area contributed by atoms with Gasteiger partial charge in [0, 0.05) is 25.6 Å². The fourth-order valence-electron chi connectivity index (χ4n) is 2.46. The molecule has 0 aliphatic carbocycles. The van der Waals surface area contributed by atoms with Crippen molar-refractivity contribution in [2.45, 2.75) is 44.5 Å². The minimum Gasteiger partial charge on any atom is -0.378 e. The molecule has 0 saturated carbocycles. The van der Waals surface area contributed by atoms with Gasteiger partial charge in [0.05, 0.1) is 12.2 Å². The van der Waals surface area contributed by atoms with Crippen LogP contribution < -0.4 is 11.1 Å². The maximum absolute atomic E-state index is 11.9. The number of hydrogen-bond donors (Lipinski definition) is 2. The molecule has 4 atom stereocenters. The van der Waals surface area contributed by atoms with Crippen LogP contribution in [-0.2, 0) is 14.3 Å². The topological polar surface area (TPSA) is 73.6 Å². The molecule has 17 heavy (non-hydrogen) atoms. The first kappa shape index (κ1) is 12.8. The van der Waals surface area contributed by atoms with E-state index in [4.69, 9.17) is 15.2 Å². The maximum Gasteiger partial charge on any atom is 0.249 e. The quantitative estimate of drug-likeness (QED) is 0.729. The summed E-state index contributed by atoms with van der Waals surface area (Å²) in [5, 5.41) is 2.96. The highest BCUT2D eigenvalue weighted by Gasteiger charge is 2.31. The van der Waals surface area contributed by atoms with Crippen molar-refractivity contribution >= 4 is 5.91 Å². The van der Waals surface area contributed by atoms with Gasteiger partial charge in [-0.2, -0.15) is 0 Å². The van der Waals surface area contributed by atoms with Crippen LogP contribution in [0.4, 0.5) is 0 Å². The molecular weight excluding hydrogens is 220 g/mol. The third-order valence-corrected chi connectivity index (χ3v) is 3.73. The Kier molecular flexibility index (Phi) is 4.36. The predicted octanol–water partition coefficient (Wildman–Crippen LogP) is 0.0339. The highest BCUT2D eigenvalue weighted by molar-refractivity contribution is 5.81. The van der Waals surface area contributed by atoms with Gasteiger partial charge in [0.2, 0.25) is 5.91 Å². The molecule has 0 aromatic carbocycles. The van der Waals surface area contributed by atoms with Gasteiger partial charge in [0.25, 0.3) is 0 Å². The van der Waals surface area contributed by atoms with E-state index in [9.17, 15) is 4.79 Å². The summed E-state index contributed by atoms with van der Waals surface area (Å²) in [5.41, 5.74) is 5.51. The van der Waals surface area contributed by atoms with Crippen LogP contribution >= 0.6 is 0 Å². The molecule has 98 valence electrons. The lowest BCUT2D eigenvalue weighted by Gasteiger charge is -2.17. The molecule has 2 heterocycles. The van der Waals surface area contributed by atoms with Crippen LogP contribution in [0.2, 0.25) is 0 Å². The first-order chi connectivity index (χ1) is 8.20. The van der Waals surface area contributed by atoms with E-state index in [1.165, 1.54) is 0 Å². The van der Waals surface area contributed by atoms with Gasteiger partial charge in [-0.3, -0.25) is 4.79 Å². The van der Waals surface area contributed by atoms with Gasteiger partial charge < -0.3 is 20.5 Å². The lowest BCUT2D eigenvalue weighted by Crippen LogP contribution is -2.39. The average molecular weight is 242 g/mol. The minimum atomic E-state index is -0.304. The molecule has 2 saturated heterocycles. The summed E-state index contributed by atoms with van der Waals surface area (Å²) in [6, 6.07) is 0. The standard InChI is InChI=1S/C12H22N2O3/c1-8-9(4-5-16-8)7-14-12(15)11-3-2-10(6-13)17-11/h8-11H,2-7,13H2,1H3,(H,14,15). The van der Waals surface area contributed by atoms with E-state index in [-0.39, 0.29) is 24.2 Å². The monoisotopic (exact) mass is 242 g/mol. The van der Waals surface area contributed by atoms with E-state index in [2.05, 4.69) is 12.2 Å². The number of carbonyl (C=O) groups excluding carboxylic acids is 1. The highest BCUT2D eigenvalue weighted by Crippen LogP contribution is 2.21. The highest BCUT2D eigenvalue weighted by atomic mass is 16.5. The molecule has 2 aliphatic rings. The fourth-order valence-corrected chi connectivity index (χ4v) is 2.46. The van der Waals surface area contributed by atoms with Gasteiger partial charge in [-0.1, -0.05) is 0 Å². The van der Waals surface area contributed by atoms with Crippen molar-refractivity contribution < 1.29 is 14.3 Å². The number of amides is 1. The van der Waals surface area contributed by atoms with Crippen molar-refractivity contribution in [3.63, 3.8) is 0 Å². The molecule has 0 radical (unpaired) electrons. The Morgan fingerprint density at radius 1 is 1.41 bits per heavy atom. The second-order valence-electron chi connectivity index (χ2n) is 4.93. The Morgan fingerprint density at radius 3 is 2.82 bits per heavy atom. The third-order valence-electron chi connectivity index (χ3n) is 3.73. The van der Waals surface area contributed by atoms with Crippen molar-refractivity contribution in [1.29, 1.82) is 0 Å². The van der Waals surface area contributed by atoms with Crippen molar-refractivity contribution in [3.8, 4) is 0 Å². The Labute approximate surface area is 102 Å². The van der Waals surface area contributed by atoms with Crippen molar-refractivity contribution in [2.75, 3.05) is 19.7 Å². The summed E-state index contributed by atoms with van der Waals surface area (Å²) in [6.45, 7) is 4.04. The molecule has 0 bridgehead atoms. The zero-order valence-electron chi connectivity index (χ0n) is 10.4. The molecule has 5 nitrogen and oxygen atoms in total. The molecule has 0 aromatic rings. The summed E-state index contributed by atoms with van der Waals surface area (Å²) < 4.78 is 11.0. The van der Waals surface area contributed by atoms with E-state index in [0.29, 0.717) is 19.0 Å². The lowest BCUT2D eigenvalue weighted by molar-refractivity contribution is -0.132. The number of carbonyl (C=O) groups is 1. The van der Waals surface area contributed by atoms with E-state index in [1.807, 2.05) is 0 Å². The van der Waals surface area contributed by atoms with E-state index in [0.717, 1.165) is 25.9 Å². The van der Waals surface area contributed by atoms with Crippen LogP contribution in [0, 0.1) is 5.92 Å². The van der Waals surface area contributed by atoms with Crippen LogP contribution in [-0.4, -0.2) is 43.9 Å². The Hall–Kier alpha value is -0.650. The van der Waals surface area contributed by atoms with E-state index < -0.39 is 0 Å². The molecule has 0 spiro atoms. The first-order valence-corrected chi connectivity index (χ1v) is 6.45. The van der Waals surface area contributed by atoms with Gasteiger partial charge >= 0.3 is 0 Å². The second-order valence-corrected chi connectivity index (χ2v) is 4.93. The lowest BCUT2D eigenvalue weighted by atomic mass is 10.0. The molecule has 4 unspecified atom stereocenters. The normalized spacial score (nSPS) is 37.3.